The van der Waals surface area contributed by atoms with E-state index in [9.17, 15) is 0 Å². The van der Waals surface area contributed by atoms with Gasteiger partial charge in [-0.1, -0.05) is 133 Å². The Hall–Kier alpha value is -7.70. The third-order valence-electron chi connectivity index (χ3n) is 10.6. The summed E-state index contributed by atoms with van der Waals surface area (Å²) in [4.78, 5) is 19.8. The first-order chi connectivity index (χ1) is 27.8. The van der Waals surface area contributed by atoms with Gasteiger partial charge in [-0.15, -0.1) is 0 Å². The molecule has 0 aliphatic rings. The highest BCUT2D eigenvalue weighted by molar-refractivity contribution is 6.27. The molecule has 0 spiro atoms. The fourth-order valence-electron chi connectivity index (χ4n) is 8.00. The molecule has 0 bridgehead atoms. The second-order valence-corrected chi connectivity index (χ2v) is 13.9. The van der Waals surface area contributed by atoms with E-state index in [1.54, 1.807) is 0 Å². The summed E-state index contributed by atoms with van der Waals surface area (Å²) in [6.45, 7) is 0. The summed E-state index contributed by atoms with van der Waals surface area (Å²) in [6.07, 6.45) is 2.18. The van der Waals surface area contributed by atoms with Crippen molar-refractivity contribution in [1.82, 2.24) is 29.1 Å². The lowest BCUT2D eigenvalue weighted by atomic mass is 10.0. The molecule has 0 aliphatic heterocycles. The third-order valence-corrected chi connectivity index (χ3v) is 10.6. The maximum absolute atomic E-state index is 5.10. The zero-order valence-corrected chi connectivity index (χ0v) is 30.2. The second-order valence-electron chi connectivity index (χ2n) is 13.9. The maximum atomic E-state index is 5.10. The summed E-state index contributed by atoms with van der Waals surface area (Å²) < 4.78 is 4.70. The topological polar surface area (TPSA) is 61.4 Å². The van der Waals surface area contributed by atoms with E-state index in [1.807, 2.05) is 78.9 Å². The van der Waals surface area contributed by atoms with E-state index < -0.39 is 0 Å². The van der Waals surface area contributed by atoms with E-state index in [1.165, 1.54) is 32.4 Å². The molecule has 0 saturated carbocycles. The molecule has 11 aromatic rings. The Morgan fingerprint density at radius 2 is 0.946 bits per heavy atom. The van der Waals surface area contributed by atoms with Crippen LogP contribution >= 0.6 is 0 Å². The number of para-hydroxylation sites is 2. The van der Waals surface area contributed by atoms with Crippen molar-refractivity contribution in [2.45, 2.75) is 0 Å². The number of nitrogens with zero attached hydrogens (tertiary/aromatic N) is 6. The zero-order chi connectivity index (χ0) is 37.0. The van der Waals surface area contributed by atoms with E-state index >= 15 is 0 Å². The first kappa shape index (κ1) is 31.8. The predicted molar refractivity (Wildman–Crippen MR) is 228 cm³/mol. The van der Waals surface area contributed by atoms with Gasteiger partial charge in [0, 0.05) is 55.8 Å². The quantitative estimate of drug-likeness (QED) is 0.172. The minimum absolute atomic E-state index is 0.529. The summed E-state index contributed by atoms with van der Waals surface area (Å²) in [6, 6.07) is 65.3. The molecular weight excluding hydrogens is 685 g/mol. The van der Waals surface area contributed by atoms with Gasteiger partial charge in [0.1, 0.15) is 5.69 Å². The van der Waals surface area contributed by atoms with Gasteiger partial charge >= 0.3 is 0 Å². The van der Waals surface area contributed by atoms with Gasteiger partial charge in [0.2, 0.25) is 0 Å². The van der Waals surface area contributed by atoms with Crippen LogP contribution < -0.4 is 0 Å². The molecule has 0 atom stereocenters. The lowest BCUT2D eigenvalue weighted by Crippen LogP contribution is -2.01. The van der Waals surface area contributed by atoms with Crippen LogP contribution in [0.1, 0.15) is 0 Å². The second kappa shape index (κ2) is 13.0. The standard InChI is InChI=1S/C50H32N6/c1-4-13-36(14-5-1)48-52-49(37-15-6-2-7-16-37)54-50(53-48)42-21-12-20-41(51-42)33-25-28-39(29-26-33)56-43-22-11-10-19-40(43)46-44(56)30-27-34-23-24-35-31-32-55(47(35)45(34)46)38-17-8-3-9-18-38/h1-32H. The number of rotatable bonds is 6. The molecule has 0 amide bonds. The first-order valence-corrected chi connectivity index (χ1v) is 18.7. The fraction of sp³-hybridized carbons (Fsp3) is 0. The van der Waals surface area contributed by atoms with E-state index in [0.29, 0.717) is 23.2 Å². The zero-order valence-electron chi connectivity index (χ0n) is 30.2. The van der Waals surface area contributed by atoms with E-state index in [-0.39, 0.29) is 0 Å². The van der Waals surface area contributed by atoms with Crippen molar-refractivity contribution in [2.24, 2.45) is 0 Å². The van der Waals surface area contributed by atoms with E-state index in [0.717, 1.165) is 44.8 Å². The van der Waals surface area contributed by atoms with Gasteiger partial charge in [0.05, 0.1) is 22.2 Å². The monoisotopic (exact) mass is 716 g/mol. The molecule has 7 aromatic carbocycles. The van der Waals surface area contributed by atoms with Crippen LogP contribution in [-0.2, 0) is 0 Å². The van der Waals surface area contributed by atoms with Crippen LogP contribution in [0.15, 0.2) is 194 Å². The first-order valence-electron chi connectivity index (χ1n) is 18.7. The molecule has 0 unspecified atom stereocenters. The molecule has 56 heavy (non-hydrogen) atoms. The molecule has 0 aliphatic carbocycles. The SMILES string of the molecule is c1ccc(-c2nc(-c3ccccc3)nc(-c3cccc(-c4ccc(-n5c6ccccc6c6c7c(ccc8ccn(-c9ccccc9)c87)ccc65)cc4)n3)n2)cc1. The molecule has 262 valence electrons. The lowest BCUT2D eigenvalue weighted by molar-refractivity contribution is 1.06. The Morgan fingerprint density at radius 1 is 0.339 bits per heavy atom. The van der Waals surface area contributed by atoms with Crippen molar-refractivity contribution < 1.29 is 0 Å². The van der Waals surface area contributed by atoms with Crippen molar-refractivity contribution in [1.29, 1.82) is 0 Å². The highest BCUT2D eigenvalue weighted by Crippen LogP contribution is 2.41. The summed E-state index contributed by atoms with van der Waals surface area (Å²) in [5.41, 5.74) is 10.2. The molecule has 0 saturated heterocycles. The molecule has 0 radical (unpaired) electrons. The van der Waals surface area contributed by atoms with Crippen LogP contribution in [0.25, 0.3) is 100 Å². The lowest BCUT2D eigenvalue weighted by Gasteiger charge is -2.12. The Balaban J connectivity index is 1.03. The highest BCUT2D eigenvalue weighted by atomic mass is 15.0. The van der Waals surface area contributed by atoms with Gasteiger partial charge in [0.25, 0.3) is 0 Å². The molecule has 0 N–H and O–H groups in total. The number of fused-ring (bicyclic) bond motifs is 7. The molecule has 4 aromatic heterocycles. The Labute approximate surface area is 322 Å². The summed E-state index contributed by atoms with van der Waals surface area (Å²) in [5.74, 6) is 1.75. The Morgan fingerprint density at radius 3 is 1.68 bits per heavy atom. The third kappa shape index (κ3) is 5.27. The molecule has 11 rings (SSSR count). The fourth-order valence-corrected chi connectivity index (χ4v) is 8.00. The normalized spacial score (nSPS) is 11.6. The van der Waals surface area contributed by atoms with Gasteiger partial charge < -0.3 is 9.13 Å². The van der Waals surface area contributed by atoms with E-state index in [4.69, 9.17) is 19.9 Å². The van der Waals surface area contributed by atoms with Gasteiger partial charge in [-0.25, -0.2) is 19.9 Å². The predicted octanol–water partition coefficient (Wildman–Crippen LogP) is 12.1. The van der Waals surface area contributed by atoms with Gasteiger partial charge in [-0.2, -0.15) is 0 Å². The molecular formula is C50H32N6. The summed E-state index contributed by atoms with van der Waals surface area (Å²) in [7, 11) is 0. The average molecular weight is 717 g/mol. The molecule has 0 fully saturated rings. The van der Waals surface area contributed by atoms with Crippen molar-refractivity contribution in [3.05, 3.63) is 194 Å². The number of benzene rings is 7. The number of hydrogen-bond acceptors (Lipinski definition) is 4. The maximum Gasteiger partial charge on any atom is 0.182 e. The van der Waals surface area contributed by atoms with Crippen molar-refractivity contribution in [3.63, 3.8) is 0 Å². The van der Waals surface area contributed by atoms with Crippen LogP contribution in [-0.4, -0.2) is 29.1 Å². The average Bonchev–Trinajstić information content (AvgIpc) is 3.87. The number of hydrogen-bond donors (Lipinski definition) is 0. The van der Waals surface area contributed by atoms with E-state index in [2.05, 4.69) is 125 Å². The minimum Gasteiger partial charge on any atom is -0.316 e. The van der Waals surface area contributed by atoms with Crippen LogP contribution in [0.5, 0.6) is 0 Å². The van der Waals surface area contributed by atoms with Gasteiger partial charge in [-0.05, 0) is 60.0 Å². The van der Waals surface area contributed by atoms with Crippen molar-refractivity contribution in [3.8, 4) is 56.9 Å². The van der Waals surface area contributed by atoms with Gasteiger partial charge in [0.15, 0.2) is 17.5 Å². The van der Waals surface area contributed by atoms with Crippen molar-refractivity contribution >= 4 is 43.5 Å². The molecule has 6 heteroatoms. The number of pyridine rings is 1. The highest BCUT2D eigenvalue weighted by Gasteiger charge is 2.19. The smallest absolute Gasteiger partial charge is 0.182 e. The van der Waals surface area contributed by atoms with Crippen LogP contribution in [0.3, 0.4) is 0 Å². The minimum atomic E-state index is 0.529. The largest absolute Gasteiger partial charge is 0.316 e. The molecule has 6 nitrogen and oxygen atoms in total. The molecule has 4 heterocycles. The van der Waals surface area contributed by atoms with Crippen LogP contribution in [0.4, 0.5) is 0 Å². The summed E-state index contributed by atoms with van der Waals surface area (Å²) in [5, 5.41) is 6.16. The van der Waals surface area contributed by atoms with Crippen molar-refractivity contribution in [2.75, 3.05) is 0 Å². The Bertz CT molecular complexity index is 3160. The van der Waals surface area contributed by atoms with Gasteiger partial charge in [-0.3, -0.25) is 0 Å². The number of aromatic nitrogens is 6. The summed E-state index contributed by atoms with van der Waals surface area (Å²) >= 11 is 0. The Kier molecular flexibility index (Phi) is 7.38. The van der Waals surface area contributed by atoms with Crippen LogP contribution in [0.2, 0.25) is 0 Å². The van der Waals surface area contributed by atoms with Crippen LogP contribution in [0, 0.1) is 0 Å².